The van der Waals surface area contributed by atoms with Gasteiger partial charge in [0.1, 0.15) is 12.4 Å². The van der Waals surface area contributed by atoms with E-state index in [1.807, 2.05) is 30.3 Å². The Balaban J connectivity index is 1.80. The van der Waals surface area contributed by atoms with Crippen LogP contribution in [0.1, 0.15) is 18.5 Å². The molecule has 1 atom stereocenters. The van der Waals surface area contributed by atoms with E-state index in [4.69, 9.17) is 39.5 Å². The van der Waals surface area contributed by atoms with Crippen molar-refractivity contribution in [2.24, 2.45) is 0 Å². The van der Waals surface area contributed by atoms with E-state index >= 15 is 0 Å². The van der Waals surface area contributed by atoms with Crippen LogP contribution in [-0.2, 0) is 0 Å². The summed E-state index contributed by atoms with van der Waals surface area (Å²) in [7, 11) is 0. The molecule has 0 heterocycles. The zero-order valence-corrected chi connectivity index (χ0v) is 16.5. The van der Waals surface area contributed by atoms with Crippen LogP contribution in [0.5, 0.6) is 5.75 Å². The highest BCUT2D eigenvalue weighted by Crippen LogP contribution is 2.29. The minimum Gasteiger partial charge on any atom is -0.492 e. The summed E-state index contributed by atoms with van der Waals surface area (Å²) in [4.78, 5) is 1.01. The Hall–Kier alpha value is -0.580. The average molecular weight is 405 g/mol. The highest BCUT2D eigenvalue weighted by molar-refractivity contribution is 7.99. The lowest BCUT2D eigenvalue weighted by molar-refractivity contribution is 0.342. The molecule has 0 aromatic heterocycles. The second kappa shape index (κ2) is 10.4. The molecule has 2 aromatic carbocycles. The molecule has 6 heteroatoms. The normalized spacial score (nSPS) is 12.2. The van der Waals surface area contributed by atoms with Crippen LogP contribution >= 0.6 is 46.6 Å². The molecule has 0 saturated carbocycles. The fourth-order valence-electron chi connectivity index (χ4n) is 2.17. The Labute approximate surface area is 162 Å². The molecule has 2 aromatic rings. The summed E-state index contributed by atoms with van der Waals surface area (Å²) in [5.41, 5.74) is 1.19. The van der Waals surface area contributed by atoms with Crippen molar-refractivity contribution >= 4 is 46.6 Å². The minimum absolute atomic E-state index is 0.236. The minimum atomic E-state index is 0.236. The summed E-state index contributed by atoms with van der Waals surface area (Å²) >= 11 is 19.5. The molecule has 1 unspecified atom stereocenters. The van der Waals surface area contributed by atoms with Gasteiger partial charge >= 0.3 is 0 Å². The molecule has 2 nitrogen and oxygen atoms in total. The number of ether oxygens (including phenoxy) is 1. The third kappa shape index (κ3) is 6.38. The van der Waals surface area contributed by atoms with Crippen LogP contribution in [0, 0.1) is 0 Å². The Morgan fingerprint density at radius 3 is 2.79 bits per heavy atom. The first-order valence-electron chi connectivity index (χ1n) is 7.70. The van der Waals surface area contributed by atoms with Crippen LogP contribution in [0.25, 0.3) is 0 Å². The molecule has 130 valence electrons. The van der Waals surface area contributed by atoms with E-state index in [0.717, 1.165) is 28.0 Å². The van der Waals surface area contributed by atoms with Crippen molar-refractivity contribution in [3.05, 3.63) is 58.1 Å². The van der Waals surface area contributed by atoms with E-state index in [1.165, 1.54) is 5.56 Å². The molecule has 0 spiro atoms. The molecule has 24 heavy (non-hydrogen) atoms. The smallest absolute Gasteiger partial charge is 0.119 e. The van der Waals surface area contributed by atoms with Crippen molar-refractivity contribution < 1.29 is 4.74 Å². The first kappa shape index (κ1) is 19.7. The van der Waals surface area contributed by atoms with Crippen molar-refractivity contribution in [3.63, 3.8) is 0 Å². The van der Waals surface area contributed by atoms with E-state index in [1.54, 1.807) is 17.8 Å². The number of benzene rings is 2. The highest BCUT2D eigenvalue weighted by atomic mass is 35.5. The molecule has 2 rings (SSSR count). The van der Waals surface area contributed by atoms with Gasteiger partial charge in [-0.3, -0.25) is 0 Å². The van der Waals surface area contributed by atoms with Crippen LogP contribution < -0.4 is 10.1 Å². The van der Waals surface area contributed by atoms with Gasteiger partial charge in [0.15, 0.2) is 0 Å². The standard InChI is InChI=1S/C18H20Cl3NOS/c1-13(14-3-2-4-16(11-14)23-9-7-19)22-8-10-24-18-12-15(20)5-6-17(18)21/h2-6,11-13,22H,7-10H2,1H3. The van der Waals surface area contributed by atoms with Crippen LogP contribution in [0.15, 0.2) is 47.4 Å². The van der Waals surface area contributed by atoms with Gasteiger partial charge < -0.3 is 10.1 Å². The molecule has 0 aliphatic rings. The zero-order valence-electron chi connectivity index (χ0n) is 13.4. The lowest BCUT2D eigenvalue weighted by atomic mass is 10.1. The highest BCUT2D eigenvalue weighted by Gasteiger charge is 2.07. The zero-order chi connectivity index (χ0) is 17.4. The average Bonchev–Trinajstić information content (AvgIpc) is 2.59. The Kier molecular flexibility index (Phi) is 8.57. The lowest BCUT2D eigenvalue weighted by Crippen LogP contribution is -2.21. The van der Waals surface area contributed by atoms with Crippen molar-refractivity contribution in [2.75, 3.05) is 24.8 Å². The molecule has 1 N–H and O–H groups in total. The van der Waals surface area contributed by atoms with Crippen LogP contribution in [0.2, 0.25) is 10.0 Å². The van der Waals surface area contributed by atoms with Gasteiger partial charge in [-0.15, -0.1) is 23.4 Å². The van der Waals surface area contributed by atoms with Gasteiger partial charge in [-0.1, -0.05) is 35.3 Å². The van der Waals surface area contributed by atoms with Crippen molar-refractivity contribution in [3.8, 4) is 5.75 Å². The third-order valence-electron chi connectivity index (χ3n) is 3.41. The number of halogens is 3. The molecular formula is C18H20Cl3NOS. The van der Waals surface area contributed by atoms with E-state index in [2.05, 4.69) is 18.3 Å². The summed E-state index contributed by atoms with van der Waals surface area (Å²) in [6.45, 7) is 3.52. The summed E-state index contributed by atoms with van der Waals surface area (Å²) in [6.07, 6.45) is 0. The second-order valence-corrected chi connectivity index (χ2v) is 7.57. The lowest BCUT2D eigenvalue weighted by Gasteiger charge is -2.15. The van der Waals surface area contributed by atoms with Gasteiger partial charge in [-0.2, -0.15) is 0 Å². The summed E-state index contributed by atoms with van der Waals surface area (Å²) in [5.74, 6) is 2.25. The van der Waals surface area contributed by atoms with Crippen molar-refractivity contribution in [2.45, 2.75) is 17.9 Å². The maximum absolute atomic E-state index is 6.17. The first-order valence-corrected chi connectivity index (χ1v) is 9.97. The van der Waals surface area contributed by atoms with Gasteiger partial charge in [0.25, 0.3) is 0 Å². The summed E-state index contributed by atoms with van der Waals surface area (Å²) in [5, 5.41) is 4.95. The maximum Gasteiger partial charge on any atom is 0.119 e. The second-order valence-electron chi connectivity index (χ2n) is 5.21. The Morgan fingerprint density at radius 1 is 1.17 bits per heavy atom. The summed E-state index contributed by atoms with van der Waals surface area (Å²) < 4.78 is 5.56. The van der Waals surface area contributed by atoms with Crippen LogP contribution in [-0.4, -0.2) is 24.8 Å². The van der Waals surface area contributed by atoms with Gasteiger partial charge in [0.05, 0.1) is 10.9 Å². The molecule has 0 radical (unpaired) electrons. The molecule has 0 aliphatic carbocycles. The third-order valence-corrected chi connectivity index (χ3v) is 5.30. The molecule has 0 fully saturated rings. The van der Waals surface area contributed by atoms with Crippen LogP contribution in [0.4, 0.5) is 0 Å². The number of nitrogens with one attached hydrogen (secondary N) is 1. The van der Waals surface area contributed by atoms with E-state index in [-0.39, 0.29) is 6.04 Å². The number of hydrogen-bond donors (Lipinski definition) is 1. The molecular weight excluding hydrogens is 385 g/mol. The fraction of sp³-hybridized carbons (Fsp3) is 0.333. The molecule has 0 saturated heterocycles. The first-order chi connectivity index (χ1) is 11.6. The maximum atomic E-state index is 6.17. The quantitative estimate of drug-likeness (QED) is 0.312. The van der Waals surface area contributed by atoms with Crippen molar-refractivity contribution in [1.29, 1.82) is 0 Å². The van der Waals surface area contributed by atoms with Gasteiger partial charge in [0, 0.05) is 28.3 Å². The summed E-state index contributed by atoms with van der Waals surface area (Å²) in [6, 6.07) is 13.8. The number of hydrogen-bond acceptors (Lipinski definition) is 3. The van der Waals surface area contributed by atoms with Crippen molar-refractivity contribution in [1.82, 2.24) is 5.32 Å². The van der Waals surface area contributed by atoms with Gasteiger partial charge in [0.2, 0.25) is 0 Å². The molecule has 0 amide bonds. The molecule has 0 aliphatic heterocycles. The Bertz CT molecular complexity index is 654. The predicted octanol–water partition coefficient (Wildman–Crippen LogP) is 6.05. The number of alkyl halides is 1. The molecule has 0 bridgehead atoms. The van der Waals surface area contributed by atoms with Gasteiger partial charge in [-0.05, 0) is 42.8 Å². The van der Waals surface area contributed by atoms with Crippen LogP contribution in [0.3, 0.4) is 0 Å². The number of thioether (sulfide) groups is 1. The predicted molar refractivity (Wildman–Crippen MR) is 106 cm³/mol. The Morgan fingerprint density at radius 2 is 2.00 bits per heavy atom. The van der Waals surface area contributed by atoms with Gasteiger partial charge in [-0.25, -0.2) is 0 Å². The monoisotopic (exact) mass is 403 g/mol. The van der Waals surface area contributed by atoms with E-state index < -0.39 is 0 Å². The number of rotatable bonds is 9. The topological polar surface area (TPSA) is 21.3 Å². The SMILES string of the molecule is CC(NCCSc1cc(Cl)ccc1Cl)c1cccc(OCCCl)c1. The fourth-order valence-corrected chi connectivity index (χ4v) is 3.62. The van der Waals surface area contributed by atoms with E-state index in [0.29, 0.717) is 17.5 Å². The van der Waals surface area contributed by atoms with E-state index in [9.17, 15) is 0 Å². The largest absolute Gasteiger partial charge is 0.492 e.